The van der Waals surface area contributed by atoms with E-state index in [0.29, 0.717) is 28.4 Å². The van der Waals surface area contributed by atoms with Gasteiger partial charge in [0.1, 0.15) is 5.76 Å². The topological polar surface area (TPSA) is 59.5 Å². The van der Waals surface area contributed by atoms with E-state index in [9.17, 15) is 4.79 Å². The number of thioether (sulfide) groups is 1. The number of rotatable bonds is 3. The maximum Gasteiger partial charge on any atom is 0.263 e. The predicted octanol–water partition coefficient (Wildman–Crippen LogP) is 4.70. The summed E-state index contributed by atoms with van der Waals surface area (Å²) >= 11 is 1.81. The van der Waals surface area contributed by atoms with Crippen LogP contribution in [-0.2, 0) is 11.2 Å². The maximum atomic E-state index is 13.1. The molecule has 0 spiro atoms. The molecule has 1 aliphatic rings. The third kappa shape index (κ3) is 2.94. The lowest BCUT2D eigenvalue weighted by Gasteiger charge is -2.38. The van der Waals surface area contributed by atoms with Crippen molar-refractivity contribution in [1.82, 2.24) is 4.98 Å². The van der Waals surface area contributed by atoms with Crippen LogP contribution in [0.3, 0.4) is 0 Å². The Kier molecular flexibility index (Phi) is 4.36. The first-order chi connectivity index (χ1) is 12.5. The molecule has 3 heterocycles. The van der Waals surface area contributed by atoms with Gasteiger partial charge in [0.15, 0.2) is 5.76 Å². The average Bonchev–Trinajstić information content (AvgIpc) is 3.26. The Bertz CT molecular complexity index is 932. The smallest absolute Gasteiger partial charge is 0.263 e. The summed E-state index contributed by atoms with van der Waals surface area (Å²) in [5.41, 5.74) is 1.62. The van der Waals surface area contributed by atoms with Crippen LogP contribution in [-0.4, -0.2) is 22.2 Å². The molecule has 1 aromatic carbocycles. The van der Waals surface area contributed by atoms with E-state index >= 15 is 0 Å². The second-order valence-electron chi connectivity index (χ2n) is 6.47. The van der Waals surface area contributed by atoms with Gasteiger partial charge in [0.25, 0.3) is 5.89 Å². The molecule has 0 unspecified atom stereocenters. The van der Waals surface area contributed by atoms with Crippen molar-refractivity contribution in [2.45, 2.75) is 43.4 Å². The first-order valence-electron chi connectivity index (χ1n) is 8.62. The summed E-state index contributed by atoms with van der Waals surface area (Å²) in [7, 11) is 0. The van der Waals surface area contributed by atoms with Gasteiger partial charge in [-0.25, -0.2) is 4.98 Å². The van der Waals surface area contributed by atoms with E-state index in [1.165, 1.54) is 0 Å². The normalized spacial score (nSPS) is 19.4. The molecule has 0 aliphatic carbocycles. The predicted molar refractivity (Wildman–Crippen MR) is 101 cm³/mol. The second-order valence-corrected chi connectivity index (χ2v) is 7.89. The van der Waals surface area contributed by atoms with Gasteiger partial charge in [0.05, 0.1) is 24.1 Å². The Hall–Kier alpha value is -2.47. The van der Waals surface area contributed by atoms with Crippen LogP contribution in [0.2, 0.25) is 0 Å². The lowest BCUT2D eigenvalue weighted by molar-refractivity contribution is -0.118. The number of carbonyl (C=O) groups excluding carboxylic acids is 1. The molecule has 0 bridgehead atoms. The van der Waals surface area contributed by atoms with Gasteiger partial charge in [-0.15, -0.1) is 11.8 Å². The highest BCUT2D eigenvalue weighted by Crippen LogP contribution is 2.41. The minimum Gasteiger partial charge on any atom is -0.459 e. The summed E-state index contributed by atoms with van der Waals surface area (Å²) < 4.78 is 11.0. The SMILES string of the molecule is Cc1oc(-c2ccco2)nc1CC(=O)N1c2ccccc2S[C@H](C)[C@@H]1C. The number of furan rings is 1. The molecule has 0 saturated carbocycles. The van der Waals surface area contributed by atoms with Gasteiger partial charge in [0, 0.05) is 16.2 Å². The highest BCUT2D eigenvalue weighted by atomic mass is 32.2. The van der Waals surface area contributed by atoms with Gasteiger partial charge < -0.3 is 13.7 Å². The zero-order chi connectivity index (χ0) is 18.3. The van der Waals surface area contributed by atoms with Crippen LogP contribution >= 0.6 is 11.8 Å². The molecule has 0 saturated heterocycles. The number of oxazole rings is 1. The van der Waals surface area contributed by atoms with Gasteiger partial charge in [0.2, 0.25) is 5.91 Å². The van der Waals surface area contributed by atoms with Crippen LogP contribution in [0, 0.1) is 6.92 Å². The standard InChI is InChI=1S/C20H20N2O3S/c1-12-14(3)26-18-9-5-4-7-16(18)22(12)19(23)11-15-13(2)25-20(21-15)17-8-6-10-24-17/h4-10,12,14H,11H2,1-3H3/t12-,14+/m0/s1. The number of aromatic nitrogens is 1. The molecule has 2 atom stereocenters. The summed E-state index contributed by atoms with van der Waals surface area (Å²) in [6.07, 6.45) is 1.77. The molecular weight excluding hydrogens is 348 g/mol. The molecule has 0 radical (unpaired) electrons. The minimum absolute atomic E-state index is 0.0273. The fourth-order valence-corrected chi connectivity index (χ4v) is 4.33. The van der Waals surface area contributed by atoms with Crippen molar-refractivity contribution in [3.8, 4) is 11.7 Å². The molecule has 0 N–H and O–H groups in total. The maximum absolute atomic E-state index is 13.1. The molecule has 26 heavy (non-hydrogen) atoms. The lowest BCUT2D eigenvalue weighted by Crippen LogP contribution is -2.46. The highest BCUT2D eigenvalue weighted by molar-refractivity contribution is 8.00. The fraction of sp³-hybridized carbons (Fsp3) is 0.300. The third-order valence-corrected chi connectivity index (χ3v) is 6.10. The first-order valence-corrected chi connectivity index (χ1v) is 9.50. The molecule has 6 heteroatoms. The van der Waals surface area contributed by atoms with E-state index in [0.717, 1.165) is 10.6 Å². The molecule has 4 rings (SSSR count). The van der Waals surface area contributed by atoms with E-state index < -0.39 is 0 Å². The van der Waals surface area contributed by atoms with Crippen LogP contribution in [0.15, 0.2) is 56.4 Å². The Labute approximate surface area is 156 Å². The van der Waals surface area contributed by atoms with Crippen LogP contribution in [0.25, 0.3) is 11.7 Å². The Balaban J connectivity index is 1.62. The number of para-hydroxylation sites is 1. The Morgan fingerprint density at radius 1 is 1.23 bits per heavy atom. The van der Waals surface area contributed by atoms with Crippen LogP contribution < -0.4 is 4.90 Å². The van der Waals surface area contributed by atoms with E-state index in [1.807, 2.05) is 41.8 Å². The van der Waals surface area contributed by atoms with Crippen molar-refractivity contribution >= 4 is 23.4 Å². The van der Waals surface area contributed by atoms with Gasteiger partial charge in [-0.1, -0.05) is 19.1 Å². The summed E-state index contributed by atoms with van der Waals surface area (Å²) in [6, 6.07) is 11.7. The van der Waals surface area contributed by atoms with E-state index in [4.69, 9.17) is 8.83 Å². The quantitative estimate of drug-likeness (QED) is 0.670. The summed E-state index contributed by atoms with van der Waals surface area (Å²) in [6.45, 7) is 6.07. The van der Waals surface area contributed by atoms with E-state index in [2.05, 4.69) is 24.9 Å². The number of aryl methyl sites for hydroxylation is 1. The number of carbonyl (C=O) groups is 1. The van der Waals surface area contributed by atoms with Gasteiger partial charge in [-0.3, -0.25) is 4.79 Å². The average molecular weight is 368 g/mol. The van der Waals surface area contributed by atoms with Crippen molar-refractivity contribution in [2.75, 3.05) is 4.90 Å². The summed E-state index contributed by atoms with van der Waals surface area (Å²) in [5, 5.41) is 0.325. The lowest BCUT2D eigenvalue weighted by atomic mass is 10.1. The number of fused-ring (bicyclic) bond motifs is 1. The van der Waals surface area contributed by atoms with Gasteiger partial charge in [-0.05, 0) is 38.1 Å². The van der Waals surface area contributed by atoms with E-state index in [-0.39, 0.29) is 18.4 Å². The third-order valence-electron chi connectivity index (χ3n) is 4.74. The summed E-state index contributed by atoms with van der Waals surface area (Å²) in [5.74, 6) is 1.64. The number of benzene rings is 1. The largest absolute Gasteiger partial charge is 0.459 e. The van der Waals surface area contributed by atoms with Crippen LogP contribution in [0.5, 0.6) is 0 Å². The highest BCUT2D eigenvalue weighted by Gasteiger charge is 2.33. The molecule has 134 valence electrons. The van der Waals surface area contributed by atoms with Crippen molar-refractivity contribution in [3.63, 3.8) is 0 Å². The molecule has 1 amide bonds. The zero-order valence-electron chi connectivity index (χ0n) is 14.9. The van der Waals surface area contributed by atoms with Crippen molar-refractivity contribution in [3.05, 3.63) is 54.1 Å². The van der Waals surface area contributed by atoms with Crippen molar-refractivity contribution < 1.29 is 13.6 Å². The fourth-order valence-electron chi connectivity index (χ4n) is 3.17. The Morgan fingerprint density at radius 3 is 2.81 bits per heavy atom. The second kappa shape index (κ2) is 6.68. The monoisotopic (exact) mass is 368 g/mol. The van der Waals surface area contributed by atoms with Crippen molar-refractivity contribution in [1.29, 1.82) is 0 Å². The van der Waals surface area contributed by atoms with E-state index in [1.54, 1.807) is 18.4 Å². The first kappa shape index (κ1) is 17.0. The number of nitrogens with zero attached hydrogens (tertiary/aromatic N) is 2. The number of anilines is 1. The van der Waals surface area contributed by atoms with Crippen molar-refractivity contribution in [2.24, 2.45) is 0 Å². The molecule has 2 aromatic heterocycles. The van der Waals surface area contributed by atoms with Crippen LogP contribution in [0.1, 0.15) is 25.3 Å². The zero-order valence-corrected chi connectivity index (χ0v) is 15.7. The number of hydrogen-bond donors (Lipinski definition) is 0. The van der Waals surface area contributed by atoms with Gasteiger partial charge in [-0.2, -0.15) is 0 Å². The van der Waals surface area contributed by atoms with Crippen LogP contribution in [0.4, 0.5) is 5.69 Å². The molecular formula is C20H20N2O3S. The summed E-state index contributed by atoms with van der Waals surface area (Å²) in [4.78, 5) is 20.7. The minimum atomic E-state index is 0.0273. The van der Waals surface area contributed by atoms with Gasteiger partial charge >= 0.3 is 0 Å². The molecule has 1 aliphatic heterocycles. The number of hydrogen-bond acceptors (Lipinski definition) is 5. The molecule has 3 aromatic rings. The number of amides is 1. The molecule has 0 fully saturated rings. The Morgan fingerprint density at radius 2 is 2.04 bits per heavy atom. The molecule has 5 nitrogen and oxygen atoms in total.